The highest BCUT2D eigenvalue weighted by molar-refractivity contribution is 5.85. The van der Waals surface area contributed by atoms with E-state index < -0.39 is 0 Å². The van der Waals surface area contributed by atoms with Gasteiger partial charge in [0.25, 0.3) is 0 Å². The van der Waals surface area contributed by atoms with Gasteiger partial charge in [0.1, 0.15) is 0 Å². The number of nitrogens with one attached hydrogen (secondary N) is 1. The monoisotopic (exact) mass is 282 g/mol. The average Bonchev–Trinajstić information content (AvgIpc) is 3.19. The van der Waals surface area contributed by atoms with E-state index >= 15 is 0 Å². The Labute approximate surface area is 121 Å². The van der Waals surface area contributed by atoms with Gasteiger partial charge in [-0.3, -0.25) is 4.79 Å². The lowest BCUT2D eigenvalue weighted by Gasteiger charge is -2.18. The Balaban J connectivity index is 0.00000180. The molecule has 0 saturated heterocycles. The fraction of sp³-hybridized carbons (Fsp3) is 0.533. The van der Waals surface area contributed by atoms with Crippen molar-refractivity contribution in [3.63, 3.8) is 0 Å². The Kier molecular flexibility index (Phi) is 5.83. The first-order chi connectivity index (χ1) is 8.71. The van der Waals surface area contributed by atoms with Crippen LogP contribution < -0.4 is 11.1 Å². The van der Waals surface area contributed by atoms with Gasteiger partial charge in [-0.25, -0.2) is 0 Å². The van der Waals surface area contributed by atoms with Crippen LogP contribution in [0, 0.1) is 5.41 Å². The number of halogens is 1. The Morgan fingerprint density at radius 2 is 2.00 bits per heavy atom. The summed E-state index contributed by atoms with van der Waals surface area (Å²) in [5.41, 5.74) is 7.11. The van der Waals surface area contributed by atoms with Crippen LogP contribution in [0.15, 0.2) is 30.3 Å². The minimum atomic E-state index is -0.223. The number of nitrogens with two attached hydrogens (primary N) is 1. The summed E-state index contributed by atoms with van der Waals surface area (Å²) in [4.78, 5) is 12.2. The Hall–Kier alpha value is -1.06. The molecule has 1 fully saturated rings. The fourth-order valence-electron chi connectivity index (χ4n) is 2.31. The van der Waals surface area contributed by atoms with Gasteiger partial charge < -0.3 is 11.1 Å². The largest absolute Gasteiger partial charge is 0.355 e. The third-order valence-electron chi connectivity index (χ3n) is 4.10. The van der Waals surface area contributed by atoms with Crippen molar-refractivity contribution in [1.82, 2.24) is 5.32 Å². The molecule has 1 aromatic carbocycles. The van der Waals surface area contributed by atoms with E-state index in [0.717, 1.165) is 18.5 Å². The summed E-state index contributed by atoms with van der Waals surface area (Å²) in [7, 11) is 0. The van der Waals surface area contributed by atoms with Gasteiger partial charge in [-0.05, 0) is 30.2 Å². The summed E-state index contributed by atoms with van der Waals surface area (Å²) >= 11 is 0. The van der Waals surface area contributed by atoms with Crippen molar-refractivity contribution in [2.45, 2.75) is 32.1 Å². The first kappa shape index (κ1) is 16.0. The average molecular weight is 283 g/mol. The predicted molar refractivity (Wildman–Crippen MR) is 80.5 cm³/mol. The molecule has 1 amide bonds. The molecule has 0 heterocycles. The van der Waals surface area contributed by atoms with E-state index in [1.165, 1.54) is 12.8 Å². The van der Waals surface area contributed by atoms with E-state index in [9.17, 15) is 4.79 Å². The molecule has 0 radical (unpaired) electrons. The molecule has 4 heteroatoms. The summed E-state index contributed by atoms with van der Waals surface area (Å²) in [5.74, 6) is -0.165. The van der Waals surface area contributed by atoms with Gasteiger partial charge in [0.05, 0.1) is 5.92 Å². The van der Waals surface area contributed by atoms with Crippen LogP contribution in [0.1, 0.15) is 37.7 Å². The van der Waals surface area contributed by atoms with E-state index in [2.05, 4.69) is 12.2 Å². The van der Waals surface area contributed by atoms with Crippen molar-refractivity contribution in [3.8, 4) is 0 Å². The summed E-state index contributed by atoms with van der Waals surface area (Å²) in [6, 6.07) is 9.76. The minimum Gasteiger partial charge on any atom is -0.355 e. The number of amides is 1. The van der Waals surface area contributed by atoms with Crippen LogP contribution in [0.2, 0.25) is 0 Å². The summed E-state index contributed by atoms with van der Waals surface area (Å²) in [6.45, 7) is 3.34. The zero-order chi connectivity index (χ0) is 13.0. The third-order valence-corrected chi connectivity index (χ3v) is 4.10. The molecule has 0 bridgehead atoms. The van der Waals surface area contributed by atoms with Crippen LogP contribution in [-0.2, 0) is 4.79 Å². The molecule has 2 rings (SSSR count). The van der Waals surface area contributed by atoms with Crippen molar-refractivity contribution in [3.05, 3.63) is 35.9 Å². The summed E-state index contributed by atoms with van der Waals surface area (Å²) in [5, 5.41) is 3.07. The molecule has 1 aliphatic carbocycles. The van der Waals surface area contributed by atoms with E-state index in [-0.39, 0.29) is 24.2 Å². The molecule has 0 spiro atoms. The lowest BCUT2D eigenvalue weighted by Crippen LogP contribution is -2.36. The Morgan fingerprint density at radius 1 is 1.37 bits per heavy atom. The Bertz CT molecular complexity index is 404. The number of carbonyl (C=O) groups is 1. The first-order valence-corrected chi connectivity index (χ1v) is 6.73. The first-order valence-electron chi connectivity index (χ1n) is 6.73. The van der Waals surface area contributed by atoms with Gasteiger partial charge in [-0.2, -0.15) is 0 Å². The van der Waals surface area contributed by atoms with Crippen LogP contribution in [-0.4, -0.2) is 19.0 Å². The molecule has 19 heavy (non-hydrogen) atoms. The van der Waals surface area contributed by atoms with Gasteiger partial charge >= 0.3 is 0 Å². The second-order valence-electron chi connectivity index (χ2n) is 5.27. The normalized spacial score (nSPS) is 17.2. The van der Waals surface area contributed by atoms with Crippen LogP contribution in [0.5, 0.6) is 0 Å². The molecule has 0 aromatic heterocycles. The quantitative estimate of drug-likeness (QED) is 0.842. The molecule has 1 unspecified atom stereocenters. The van der Waals surface area contributed by atoms with Crippen molar-refractivity contribution in [2.24, 2.45) is 11.1 Å². The van der Waals surface area contributed by atoms with Crippen molar-refractivity contribution >= 4 is 18.3 Å². The molecular formula is C15H23ClN2O. The zero-order valence-electron chi connectivity index (χ0n) is 11.4. The highest BCUT2D eigenvalue weighted by Gasteiger charge is 2.40. The fourth-order valence-corrected chi connectivity index (χ4v) is 2.31. The van der Waals surface area contributed by atoms with Crippen LogP contribution in [0.3, 0.4) is 0 Å². The molecular weight excluding hydrogens is 260 g/mol. The highest BCUT2D eigenvalue weighted by atomic mass is 35.5. The topological polar surface area (TPSA) is 55.1 Å². The van der Waals surface area contributed by atoms with Crippen molar-refractivity contribution in [1.29, 1.82) is 0 Å². The third kappa shape index (κ3) is 3.95. The maximum Gasteiger partial charge on any atom is 0.228 e. The van der Waals surface area contributed by atoms with E-state index in [1.54, 1.807) is 0 Å². The second kappa shape index (κ2) is 6.92. The lowest BCUT2D eigenvalue weighted by atomic mass is 9.97. The molecule has 3 nitrogen and oxygen atoms in total. The van der Waals surface area contributed by atoms with E-state index in [1.807, 2.05) is 30.3 Å². The molecule has 1 aromatic rings. The second-order valence-corrected chi connectivity index (χ2v) is 5.27. The van der Waals surface area contributed by atoms with E-state index in [4.69, 9.17) is 5.73 Å². The number of hydrogen-bond acceptors (Lipinski definition) is 2. The van der Waals surface area contributed by atoms with Crippen molar-refractivity contribution < 1.29 is 4.79 Å². The molecule has 1 aliphatic rings. The number of rotatable bonds is 6. The van der Waals surface area contributed by atoms with Gasteiger partial charge in [0.2, 0.25) is 5.91 Å². The molecule has 1 atom stereocenters. The Morgan fingerprint density at radius 3 is 2.47 bits per heavy atom. The molecule has 1 saturated carbocycles. The predicted octanol–water partition coefficient (Wildman–Crippen LogP) is 2.46. The minimum absolute atomic E-state index is 0. The number of carbonyl (C=O) groups excluding carboxylic acids is 1. The molecule has 0 aliphatic heterocycles. The summed E-state index contributed by atoms with van der Waals surface area (Å²) < 4.78 is 0. The van der Waals surface area contributed by atoms with Gasteiger partial charge in [-0.15, -0.1) is 12.4 Å². The van der Waals surface area contributed by atoms with Crippen LogP contribution in [0.25, 0.3) is 0 Å². The van der Waals surface area contributed by atoms with Crippen LogP contribution >= 0.6 is 12.4 Å². The molecule has 3 N–H and O–H groups in total. The number of hydrogen-bond donors (Lipinski definition) is 2. The summed E-state index contributed by atoms with van der Waals surface area (Å²) in [6.07, 6.45) is 3.62. The molecule has 106 valence electrons. The van der Waals surface area contributed by atoms with Gasteiger partial charge in [0, 0.05) is 13.1 Å². The standard InChI is InChI=1S/C15H22N2O.ClH/c1-2-15(8-9-15)11-17-14(18)13(10-16)12-6-4-3-5-7-12;/h3-7,13H,2,8-11,16H2,1H3,(H,17,18);1H. The van der Waals surface area contributed by atoms with E-state index in [0.29, 0.717) is 12.0 Å². The van der Waals surface area contributed by atoms with Crippen LogP contribution in [0.4, 0.5) is 0 Å². The highest BCUT2D eigenvalue weighted by Crippen LogP contribution is 2.47. The lowest BCUT2D eigenvalue weighted by molar-refractivity contribution is -0.122. The zero-order valence-corrected chi connectivity index (χ0v) is 12.2. The van der Waals surface area contributed by atoms with Gasteiger partial charge in [0.15, 0.2) is 0 Å². The maximum absolute atomic E-state index is 12.2. The van der Waals surface area contributed by atoms with Crippen molar-refractivity contribution in [2.75, 3.05) is 13.1 Å². The smallest absolute Gasteiger partial charge is 0.228 e. The number of benzene rings is 1. The maximum atomic E-state index is 12.2. The SMILES string of the molecule is CCC1(CNC(=O)C(CN)c2ccccc2)CC1.Cl. The van der Waals surface area contributed by atoms with Gasteiger partial charge in [-0.1, -0.05) is 37.3 Å².